The van der Waals surface area contributed by atoms with Gasteiger partial charge in [-0.1, -0.05) is 0 Å². The van der Waals surface area contributed by atoms with E-state index in [1.807, 2.05) is 0 Å². The largest absolute Gasteiger partial charge is 0.503 e. The molecular formula is C25H23Br2N5O6. The first-order chi connectivity index (χ1) is 18.0. The van der Waals surface area contributed by atoms with Gasteiger partial charge in [-0.2, -0.15) is 10.2 Å². The lowest BCUT2D eigenvalue weighted by Gasteiger charge is -2.10. The van der Waals surface area contributed by atoms with Crippen molar-refractivity contribution in [1.29, 1.82) is 0 Å². The van der Waals surface area contributed by atoms with Crippen LogP contribution in [0.25, 0.3) is 0 Å². The van der Waals surface area contributed by atoms with E-state index in [2.05, 4.69) is 57.9 Å². The third-order valence-electron chi connectivity index (χ3n) is 5.19. The first-order valence-electron chi connectivity index (χ1n) is 10.8. The molecule has 2 amide bonds. The third kappa shape index (κ3) is 6.66. The number of rotatable bonds is 8. The number of hydrogen-bond donors (Lipinski definition) is 4. The number of nitrogens with one attached hydrogen (secondary N) is 2. The van der Waals surface area contributed by atoms with Crippen LogP contribution in [0.2, 0.25) is 0 Å². The minimum atomic E-state index is -0.574. The van der Waals surface area contributed by atoms with Gasteiger partial charge in [-0.3, -0.25) is 14.6 Å². The van der Waals surface area contributed by atoms with Gasteiger partial charge in [0.15, 0.2) is 23.0 Å². The number of carbonyl (C=O) groups is 2. The number of benzene rings is 2. The highest BCUT2D eigenvalue weighted by Crippen LogP contribution is 2.35. The van der Waals surface area contributed by atoms with Gasteiger partial charge >= 0.3 is 0 Å². The molecule has 0 spiro atoms. The Morgan fingerprint density at radius 3 is 1.55 bits per heavy atom. The number of hydrogen-bond acceptors (Lipinski definition) is 9. The molecule has 0 radical (unpaired) electrons. The van der Waals surface area contributed by atoms with Crippen LogP contribution in [0.15, 0.2) is 49.5 Å². The number of aryl methyl sites for hydroxylation is 2. The Morgan fingerprint density at radius 2 is 1.18 bits per heavy atom. The number of nitrogens with zero attached hydrogens (tertiary/aromatic N) is 3. The van der Waals surface area contributed by atoms with Crippen molar-refractivity contribution >= 4 is 56.1 Å². The molecule has 13 heteroatoms. The molecule has 2 aromatic carbocycles. The molecule has 1 aromatic heterocycles. The molecule has 0 aliphatic rings. The van der Waals surface area contributed by atoms with Crippen molar-refractivity contribution < 1.29 is 29.3 Å². The fraction of sp³-hybridized carbons (Fsp3) is 0.160. The predicted octanol–water partition coefficient (Wildman–Crippen LogP) is 4.18. The van der Waals surface area contributed by atoms with Gasteiger partial charge in [-0.05, 0) is 87.2 Å². The highest BCUT2D eigenvalue weighted by molar-refractivity contribution is 9.11. The summed E-state index contributed by atoms with van der Waals surface area (Å²) in [6.45, 7) is 3.28. The number of amides is 2. The molecule has 0 aliphatic heterocycles. The second kappa shape index (κ2) is 12.5. The van der Waals surface area contributed by atoms with Gasteiger partial charge in [0.2, 0.25) is 0 Å². The molecule has 3 aromatic rings. The van der Waals surface area contributed by atoms with Gasteiger partial charge in [0.25, 0.3) is 11.8 Å². The maximum absolute atomic E-state index is 12.8. The molecule has 38 heavy (non-hydrogen) atoms. The second-order valence-corrected chi connectivity index (χ2v) is 9.47. The molecule has 0 unspecified atom stereocenters. The van der Waals surface area contributed by atoms with Crippen molar-refractivity contribution in [3.63, 3.8) is 0 Å². The van der Waals surface area contributed by atoms with Crippen LogP contribution in [0.5, 0.6) is 23.0 Å². The number of pyridine rings is 1. The van der Waals surface area contributed by atoms with Crippen molar-refractivity contribution in [2.75, 3.05) is 14.2 Å². The van der Waals surface area contributed by atoms with E-state index < -0.39 is 11.8 Å². The van der Waals surface area contributed by atoms with Gasteiger partial charge < -0.3 is 19.7 Å². The monoisotopic (exact) mass is 647 g/mol. The predicted molar refractivity (Wildman–Crippen MR) is 149 cm³/mol. The Bertz CT molecular complexity index is 1350. The standard InChI is InChI=1S/C25H23Br2N5O6/c1-12-16(24(35)31-28-10-14-5-18(26)22(33)20(7-14)37-3)9-17(13(2)30-12)25(36)32-29-11-15-6-19(27)23(34)21(8-15)38-4/h5-11,33-34H,1-4H3,(H,31,35)(H,32,36). The number of methoxy groups -OCH3 is 2. The zero-order valence-electron chi connectivity index (χ0n) is 20.7. The van der Waals surface area contributed by atoms with Crippen molar-refractivity contribution in [2.45, 2.75) is 13.8 Å². The smallest absolute Gasteiger partial charge is 0.273 e. The fourth-order valence-corrected chi connectivity index (χ4v) is 4.20. The molecule has 4 N–H and O–H groups in total. The average molecular weight is 649 g/mol. The minimum Gasteiger partial charge on any atom is -0.503 e. The third-order valence-corrected chi connectivity index (χ3v) is 6.40. The molecule has 0 bridgehead atoms. The zero-order chi connectivity index (χ0) is 28.0. The lowest BCUT2D eigenvalue weighted by molar-refractivity contribution is 0.0954. The van der Waals surface area contributed by atoms with Gasteiger partial charge in [-0.25, -0.2) is 10.9 Å². The fourth-order valence-electron chi connectivity index (χ4n) is 3.28. The average Bonchev–Trinajstić information content (AvgIpc) is 2.87. The van der Waals surface area contributed by atoms with Gasteiger partial charge in [0.05, 0.1) is 58.1 Å². The van der Waals surface area contributed by atoms with E-state index in [0.717, 1.165) is 0 Å². The highest BCUT2D eigenvalue weighted by atomic mass is 79.9. The molecule has 198 valence electrons. The molecule has 0 saturated heterocycles. The summed E-state index contributed by atoms with van der Waals surface area (Å²) in [4.78, 5) is 29.8. The summed E-state index contributed by atoms with van der Waals surface area (Å²) in [6.07, 6.45) is 2.75. The summed E-state index contributed by atoms with van der Waals surface area (Å²) in [6, 6.07) is 7.70. The number of carbonyl (C=O) groups excluding carboxylic acids is 2. The molecule has 0 atom stereocenters. The molecule has 1 heterocycles. The van der Waals surface area contributed by atoms with Crippen LogP contribution in [0.1, 0.15) is 43.2 Å². The van der Waals surface area contributed by atoms with Crippen molar-refractivity contribution in [3.05, 3.63) is 72.9 Å². The van der Waals surface area contributed by atoms with E-state index in [0.29, 0.717) is 31.5 Å². The van der Waals surface area contributed by atoms with Crippen LogP contribution >= 0.6 is 31.9 Å². The Kier molecular flexibility index (Phi) is 9.42. The van der Waals surface area contributed by atoms with Crippen molar-refractivity contribution in [2.24, 2.45) is 10.2 Å². The lowest BCUT2D eigenvalue weighted by atomic mass is 10.1. The van der Waals surface area contributed by atoms with Crippen LogP contribution < -0.4 is 20.3 Å². The summed E-state index contributed by atoms with van der Waals surface area (Å²) < 4.78 is 11.0. The number of aromatic hydroxyl groups is 2. The van der Waals surface area contributed by atoms with E-state index in [-0.39, 0.29) is 34.1 Å². The van der Waals surface area contributed by atoms with Crippen LogP contribution in [0.3, 0.4) is 0 Å². The van der Waals surface area contributed by atoms with Gasteiger partial charge in [-0.15, -0.1) is 0 Å². The number of halogens is 2. The summed E-state index contributed by atoms with van der Waals surface area (Å²) in [5, 5.41) is 27.7. The van der Waals surface area contributed by atoms with E-state index in [4.69, 9.17) is 9.47 Å². The Labute approximate surface area is 234 Å². The highest BCUT2D eigenvalue weighted by Gasteiger charge is 2.17. The number of hydrazone groups is 2. The molecule has 3 rings (SSSR count). The summed E-state index contributed by atoms with van der Waals surface area (Å²) in [5.41, 5.74) is 7.04. The molecule has 0 saturated carbocycles. The van der Waals surface area contributed by atoms with Crippen LogP contribution in [0, 0.1) is 13.8 Å². The Morgan fingerprint density at radius 1 is 0.789 bits per heavy atom. The van der Waals surface area contributed by atoms with Crippen LogP contribution in [-0.4, -0.2) is 53.7 Å². The summed E-state index contributed by atoms with van der Waals surface area (Å²) in [5.74, 6) is -0.784. The maximum atomic E-state index is 12.8. The number of aromatic nitrogens is 1. The molecular weight excluding hydrogens is 626 g/mol. The van der Waals surface area contributed by atoms with E-state index >= 15 is 0 Å². The van der Waals surface area contributed by atoms with E-state index in [9.17, 15) is 19.8 Å². The maximum Gasteiger partial charge on any atom is 0.273 e. The van der Waals surface area contributed by atoms with Crippen molar-refractivity contribution in [1.82, 2.24) is 15.8 Å². The van der Waals surface area contributed by atoms with Crippen LogP contribution in [-0.2, 0) is 0 Å². The first-order valence-corrected chi connectivity index (χ1v) is 12.4. The topological polar surface area (TPSA) is 155 Å². The Hall–Kier alpha value is -3.97. The van der Waals surface area contributed by atoms with E-state index in [1.54, 1.807) is 38.1 Å². The number of phenols is 2. The quantitative estimate of drug-likeness (QED) is 0.211. The number of phenolic OH excluding ortho intramolecular Hbond substituents is 2. The SMILES string of the molecule is COc1cc(C=NNC(=O)c2cc(C(=O)NN=Cc3cc(Br)c(O)c(OC)c3)c(C)nc2C)cc(Br)c1O. The molecule has 0 aliphatic carbocycles. The Balaban J connectivity index is 1.74. The molecule has 0 fully saturated rings. The minimum absolute atomic E-state index is 0.0548. The van der Waals surface area contributed by atoms with Crippen molar-refractivity contribution in [3.8, 4) is 23.0 Å². The number of ether oxygens (including phenoxy) is 2. The summed E-state index contributed by atoms with van der Waals surface area (Å²) in [7, 11) is 2.83. The normalized spacial score (nSPS) is 11.1. The zero-order valence-corrected chi connectivity index (χ0v) is 23.8. The van der Waals surface area contributed by atoms with E-state index in [1.165, 1.54) is 32.7 Å². The van der Waals surface area contributed by atoms with Gasteiger partial charge in [0, 0.05) is 0 Å². The first kappa shape index (κ1) is 28.6. The second-order valence-electron chi connectivity index (χ2n) is 7.76. The summed E-state index contributed by atoms with van der Waals surface area (Å²) >= 11 is 6.45. The van der Waals surface area contributed by atoms with Crippen LogP contribution in [0.4, 0.5) is 0 Å². The molecule has 11 nitrogen and oxygen atoms in total. The van der Waals surface area contributed by atoms with Gasteiger partial charge in [0.1, 0.15) is 0 Å². The lowest BCUT2D eigenvalue weighted by Crippen LogP contribution is -2.23.